The summed E-state index contributed by atoms with van der Waals surface area (Å²) in [5.74, 6) is 0.238. The predicted octanol–water partition coefficient (Wildman–Crippen LogP) is 4.20. The van der Waals surface area contributed by atoms with Gasteiger partial charge in [-0.3, -0.25) is 9.67 Å². The van der Waals surface area contributed by atoms with Gasteiger partial charge in [0.25, 0.3) is 0 Å². The summed E-state index contributed by atoms with van der Waals surface area (Å²) in [7, 11) is 1.57. The van der Waals surface area contributed by atoms with Crippen LogP contribution in [0.15, 0.2) is 72.9 Å². The fourth-order valence-electron chi connectivity index (χ4n) is 2.84. The standard InChI is InChI=1S/C21H17FN4O/c1-27-21-11-6-10-18(24-21)20-13-19(17-9-4-5-12-23-17)25-26(20)14-15-7-2-3-8-16(15)22/h2-13H,14H2,1H3. The van der Waals surface area contributed by atoms with Crippen LogP contribution in [0.5, 0.6) is 5.88 Å². The van der Waals surface area contributed by atoms with E-state index in [9.17, 15) is 4.39 Å². The Hall–Kier alpha value is -3.54. The number of rotatable bonds is 5. The largest absolute Gasteiger partial charge is 0.481 e. The Kier molecular flexibility index (Phi) is 4.61. The molecule has 0 aliphatic carbocycles. The molecule has 0 saturated heterocycles. The second-order valence-corrected chi connectivity index (χ2v) is 5.94. The zero-order valence-electron chi connectivity index (χ0n) is 14.7. The fourth-order valence-corrected chi connectivity index (χ4v) is 2.84. The molecule has 0 atom stereocenters. The predicted molar refractivity (Wildman–Crippen MR) is 101 cm³/mol. The van der Waals surface area contributed by atoms with E-state index in [1.165, 1.54) is 6.07 Å². The maximum atomic E-state index is 14.2. The number of benzene rings is 1. The topological polar surface area (TPSA) is 52.8 Å². The van der Waals surface area contributed by atoms with E-state index < -0.39 is 0 Å². The third kappa shape index (κ3) is 3.55. The Labute approximate surface area is 156 Å². The van der Waals surface area contributed by atoms with Gasteiger partial charge < -0.3 is 4.74 Å². The molecule has 0 unspecified atom stereocenters. The van der Waals surface area contributed by atoms with Gasteiger partial charge in [-0.2, -0.15) is 5.10 Å². The molecule has 0 N–H and O–H groups in total. The van der Waals surface area contributed by atoms with Gasteiger partial charge in [0.1, 0.15) is 11.5 Å². The van der Waals surface area contributed by atoms with Crippen LogP contribution in [-0.4, -0.2) is 26.9 Å². The van der Waals surface area contributed by atoms with Gasteiger partial charge in [0.2, 0.25) is 5.88 Å². The van der Waals surface area contributed by atoms with Crippen molar-refractivity contribution in [1.82, 2.24) is 19.7 Å². The highest BCUT2D eigenvalue weighted by Crippen LogP contribution is 2.26. The lowest BCUT2D eigenvalue weighted by Gasteiger charge is -2.09. The van der Waals surface area contributed by atoms with E-state index in [0.29, 0.717) is 22.8 Å². The van der Waals surface area contributed by atoms with Crippen molar-refractivity contribution in [2.24, 2.45) is 0 Å². The SMILES string of the molecule is COc1cccc(-c2cc(-c3ccccn3)nn2Cc2ccccc2F)n1. The smallest absolute Gasteiger partial charge is 0.213 e. The molecule has 0 aliphatic rings. The Morgan fingerprint density at radius 2 is 1.74 bits per heavy atom. The highest BCUT2D eigenvalue weighted by molar-refractivity contribution is 5.65. The summed E-state index contributed by atoms with van der Waals surface area (Å²) in [6.45, 7) is 0.285. The molecule has 27 heavy (non-hydrogen) atoms. The molecule has 0 amide bonds. The summed E-state index contributed by atoms with van der Waals surface area (Å²) in [6.07, 6.45) is 1.72. The van der Waals surface area contributed by atoms with Crippen LogP contribution < -0.4 is 4.74 Å². The van der Waals surface area contributed by atoms with E-state index >= 15 is 0 Å². The molecular weight excluding hydrogens is 343 g/mol. The minimum absolute atomic E-state index is 0.267. The number of pyridine rings is 2. The van der Waals surface area contributed by atoms with Crippen LogP contribution in [0.3, 0.4) is 0 Å². The van der Waals surface area contributed by atoms with Crippen LogP contribution in [-0.2, 0) is 6.54 Å². The summed E-state index contributed by atoms with van der Waals surface area (Å²) in [5.41, 5.74) is 3.45. The van der Waals surface area contributed by atoms with Gasteiger partial charge in [0.05, 0.1) is 30.7 Å². The number of ether oxygens (including phenoxy) is 1. The Morgan fingerprint density at radius 3 is 2.52 bits per heavy atom. The fraction of sp³-hybridized carbons (Fsp3) is 0.0952. The molecule has 0 saturated carbocycles. The van der Waals surface area contributed by atoms with Crippen molar-refractivity contribution >= 4 is 0 Å². The van der Waals surface area contributed by atoms with Crippen molar-refractivity contribution in [3.05, 3.63) is 84.3 Å². The maximum absolute atomic E-state index is 14.2. The van der Waals surface area contributed by atoms with Crippen LogP contribution in [0, 0.1) is 5.82 Å². The van der Waals surface area contributed by atoms with E-state index in [0.717, 1.165) is 11.4 Å². The lowest BCUT2D eigenvalue weighted by Crippen LogP contribution is -2.06. The van der Waals surface area contributed by atoms with Gasteiger partial charge in [0.15, 0.2) is 0 Å². The molecule has 5 nitrogen and oxygen atoms in total. The van der Waals surface area contributed by atoms with Crippen molar-refractivity contribution < 1.29 is 9.13 Å². The van der Waals surface area contributed by atoms with Crippen molar-refractivity contribution in [2.45, 2.75) is 6.54 Å². The molecule has 0 bridgehead atoms. The van der Waals surface area contributed by atoms with Crippen molar-refractivity contribution in [1.29, 1.82) is 0 Å². The second kappa shape index (κ2) is 7.37. The van der Waals surface area contributed by atoms with Gasteiger partial charge in [0, 0.05) is 17.8 Å². The summed E-state index contributed by atoms with van der Waals surface area (Å²) in [6, 6.07) is 19.7. The van der Waals surface area contributed by atoms with E-state index in [1.807, 2.05) is 42.5 Å². The van der Waals surface area contributed by atoms with E-state index in [4.69, 9.17) is 4.74 Å². The number of hydrogen-bond acceptors (Lipinski definition) is 4. The molecular formula is C21H17FN4O. The van der Waals surface area contributed by atoms with Crippen LogP contribution in [0.25, 0.3) is 22.8 Å². The Morgan fingerprint density at radius 1 is 0.926 bits per heavy atom. The average Bonchev–Trinajstić information content (AvgIpc) is 3.14. The lowest BCUT2D eigenvalue weighted by molar-refractivity contribution is 0.398. The zero-order chi connectivity index (χ0) is 18.6. The molecule has 0 radical (unpaired) electrons. The van der Waals surface area contributed by atoms with Gasteiger partial charge >= 0.3 is 0 Å². The molecule has 4 aromatic rings. The average molecular weight is 360 g/mol. The molecule has 0 spiro atoms. The molecule has 4 rings (SSSR count). The molecule has 1 aromatic carbocycles. The molecule has 0 aliphatic heterocycles. The monoisotopic (exact) mass is 360 g/mol. The summed E-state index contributed by atoms with van der Waals surface area (Å²) >= 11 is 0. The quantitative estimate of drug-likeness (QED) is 0.535. The highest BCUT2D eigenvalue weighted by atomic mass is 19.1. The first kappa shape index (κ1) is 16.9. The minimum atomic E-state index is -0.267. The third-order valence-electron chi connectivity index (χ3n) is 4.18. The Bertz CT molecular complexity index is 1060. The zero-order valence-corrected chi connectivity index (χ0v) is 14.7. The van der Waals surface area contributed by atoms with Crippen LogP contribution >= 0.6 is 0 Å². The van der Waals surface area contributed by atoms with Crippen molar-refractivity contribution in [2.75, 3.05) is 7.11 Å². The molecule has 6 heteroatoms. The number of aromatic nitrogens is 4. The van der Waals surface area contributed by atoms with Crippen LogP contribution in [0.4, 0.5) is 4.39 Å². The van der Waals surface area contributed by atoms with Crippen molar-refractivity contribution in [3.8, 4) is 28.7 Å². The normalized spacial score (nSPS) is 10.7. The number of halogens is 1. The molecule has 3 aromatic heterocycles. The first-order valence-corrected chi connectivity index (χ1v) is 8.48. The molecule has 0 fully saturated rings. The maximum Gasteiger partial charge on any atom is 0.213 e. The number of hydrogen-bond donors (Lipinski definition) is 0. The summed E-state index contributed by atoms with van der Waals surface area (Å²) in [4.78, 5) is 8.86. The van der Waals surface area contributed by atoms with E-state index in [-0.39, 0.29) is 12.4 Å². The first-order chi connectivity index (χ1) is 13.2. The van der Waals surface area contributed by atoms with Gasteiger partial charge in [-0.15, -0.1) is 0 Å². The molecule has 3 heterocycles. The minimum Gasteiger partial charge on any atom is -0.481 e. The van der Waals surface area contributed by atoms with Gasteiger partial charge in [-0.05, 0) is 30.3 Å². The molecule has 134 valence electrons. The van der Waals surface area contributed by atoms with E-state index in [2.05, 4.69) is 15.1 Å². The highest BCUT2D eigenvalue weighted by Gasteiger charge is 2.15. The number of methoxy groups -OCH3 is 1. The summed E-state index contributed by atoms with van der Waals surface area (Å²) < 4.78 is 21.1. The Balaban J connectivity index is 1.82. The lowest BCUT2D eigenvalue weighted by atomic mass is 10.2. The summed E-state index contributed by atoms with van der Waals surface area (Å²) in [5, 5.41) is 4.66. The van der Waals surface area contributed by atoms with Crippen LogP contribution in [0.1, 0.15) is 5.56 Å². The first-order valence-electron chi connectivity index (χ1n) is 8.48. The van der Waals surface area contributed by atoms with Crippen molar-refractivity contribution in [3.63, 3.8) is 0 Å². The van der Waals surface area contributed by atoms with Gasteiger partial charge in [-0.25, -0.2) is 9.37 Å². The second-order valence-electron chi connectivity index (χ2n) is 5.94. The van der Waals surface area contributed by atoms with Crippen LogP contribution in [0.2, 0.25) is 0 Å². The van der Waals surface area contributed by atoms with Gasteiger partial charge in [-0.1, -0.05) is 30.3 Å². The van der Waals surface area contributed by atoms with E-state index in [1.54, 1.807) is 36.2 Å². The number of nitrogens with zero attached hydrogens (tertiary/aromatic N) is 4. The third-order valence-corrected chi connectivity index (χ3v) is 4.18.